The highest BCUT2D eigenvalue weighted by Crippen LogP contribution is 2.23. The van der Waals surface area contributed by atoms with Crippen LogP contribution in [-0.2, 0) is 0 Å². The van der Waals surface area contributed by atoms with Gasteiger partial charge in [-0.1, -0.05) is 18.2 Å². The van der Waals surface area contributed by atoms with E-state index >= 15 is 0 Å². The first-order valence-electron chi connectivity index (χ1n) is 9.00. The lowest BCUT2D eigenvalue weighted by Crippen LogP contribution is -2.49. The van der Waals surface area contributed by atoms with Crippen LogP contribution in [0.2, 0.25) is 0 Å². The van der Waals surface area contributed by atoms with E-state index < -0.39 is 0 Å². The van der Waals surface area contributed by atoms with Gasteiger partial charge in [0, 0.05) is 37.6 Å². The number of nitrogens with zero attached hydrogens (tertiary/aromatic N) is 4. The fraction of sp³-hybridized carbons (Fsp3) is 0.300. The van der Waals surface area contributed by atoms with Crippen molar-refractivity contribution < 1.29 is 4.79 Å². The number of aromatic nitrogens is 3. The predicted molar refractivity (Wildman–Crippen MR) is 104 cm³/mol. The molecule has 0 bridgehead atoms. The molecule has 1 amide bonds. The van der Waals surface area contributed by atoms with Crippen LogP contribution in [0.15, 0.2) is 41.2 Å². The fourth-order valence-electron chi connectivity index (χ4n) is 3.48. The number of anilines is 1. The first-order valence-corrected chi connectivity index (χ1v) is 9.00. The molecule has 27 heavy (non-hydrogen) atoms. The summed E-state index contributed by atoms with van der Waals surface area (Å²) in [6.07, 6.45) is 0. The van der Waals surface area contributed by atoms with Crippen LogP contribution in [-0.4, -0.2) is 51.9 Å². The number of piperazine rings is 1. The van der Waals surface area contributed by atoms with E-state index in [-0.39, 0.29) is 17.2 Å². The van der Waals surface area contributed by atoms with Gasteiger partial charge in [-0.15, -0.1) is 0 Å². The average molecular weight is 363 g/mol. The number of fused-ring (bicyclic) bond motifs is 1. The maximum Gasteiger partial charge on any atom is 0.272 e. The summed E-state index contributed by atoms with van der Waals surface area (Å²) in [5.41, 5.74) is 2.07. The highest BCUT2D eigenvalue weighted by molar-refractivity contribution is 5.92. The number of amides is 1. The molecule has 3 aromatic rings. The van der Waals surface area contributed by atoms with Crippen LogP contribution < -0.4 is 10.5 Å². The van der Waals surface area contributed by atoms with Crippen molar-refractivity contribution in [2.24, 2.45) is 0 Å². The summed E-state index contributed by atoms with van der Waals surface area (Å²) in [6, 6.07) is 11.5. The van der Waals surface area contributed by atoms with Crippen LogP contribution in [0, 0.1) is 13.8 Å². The number of nitrogens with one attached hydrogen (secondary N) is 1. The second kappa shape index (κ2) is 6.83. The number of benzene rings is 1. The van der Waals surface area contributed by atoms with E-state index in [1.165, 1.54) is 11.6 Å². The molecule has 1 aliphatic heterocycles. The van der Waals surface area contributed by atoms with Gasteiger partial charge in [0.1, 0.15) is 17.3 Å². The largest absolute Gasteiger partial charge is 0.353 e. The Bertz CT molecular complexity index is 1070. The molecule has 138 valence electrons. The van der Waals surface area contributed by atoms with Gasteiger partial charge in [-0.05, 0) is 31.5 Å². The third-order valence-electron chi connectivity index (χ3n) is 4.88. The first kappa shape index (κ1) is 17.2. The summed E-state index contributed by atoms with van der Waals surface area (Å²) < 4.78 is 0. The Labute approximate surface area is 156 Å². The number of pyridine rings is 1. The lowest BCUT2D eigenvalue weighted by Gasteiger charge is -2.35. The molecule has 0 unspecified atom stereocenters. The first-order chi connectivity index (χ1) is 13.0. The standard InChI is InChI=1S/C20H21N5O2/c1-13-11-18(23-16-6-4-3-5-15(13)16)24-7-9-25(10-8-24)20(27)17-12-19(26)22-14(2)21-17/h3-6,11-12H,7-10H2,1-2H3,(H,21,22,26). The second-order valence-corrected chi connectivity index (χ2v) is 6.81. The molecule has 0 aliphatic carbocycles. The normalized spacial score (nSPS) is 14.6. The van der Waals surface area contributed by atoms with Gasteiger partial charge in [-0.25, -0.2) is 9.97 Å². The van der Waals surface area contributed by atoms with Gasteiger partial charge in [-0.3, -0.25) is 9.59 Å². The highest BCUT2D eigenvalue weighted by Gasteiger charge is 2.24. The molecule has 7 heteroatoms. The maximum atomic E-state index is 12.7. The van der Waals surface area contributed by atoms with Crippen molar-refractivity contribution in [2.45, 2.75) is 13.8 Å². The monoisotopic (exact) mass is 363 g/mol. The lowest BCUT2D eigenvalue weighted by atomic mass is 10.1. The van der Waals surface area contributed by atoms with Gasteiger partial charge >= 0.3 is 0 Å². The van der Waals surface area contributed by atoms with Gasteiger partial charge in [0.05, 0.1) is 5.52 Å². The number of H-pyrrole nitrogens is 1. The van der Waals surface area contributed by atoms with Crippen molar-refractivity contribution in [1.29, 1.82) is 0 Å². The van der Waals surface area contributed by atoms with E-state index in [0.29, 0.717) is 32.0 Å². The third kappa shape index (κ3) is 3.40. The van der Waals surface area contributed by atoms with Gasteiger partial charge < -0.3 is 14.8 Å². The van der Waals surface area contributed by atoms with Crippen LogP contribution in [0.25, 0.3) is 10.9 Å². The summed E-state index contributed by atoms with van der Waals surface area (Å²) in [4.78, 5) is 39.7. The number of aryl methyl sites for hydroxylation is 2. The van der Waals surface area contributed by atoms with E-state index in [2.05, 4.69) is 33.9 Å². The molecular formula is C20H21N5O2. The molecular weight excluding hydrogens is 342 g/mol. The van der Waals surface area contributed by atoms with Gasteiger partial charge in [0.2, 0.25) is 0 Å². The smallest absolute Gasteiger partial charge is 0.272 e. The molecule has 1 aliphatic rings. The molecule has 0 saturated carbocycles. The number of carbonyl (C=O) groups is 1. The minimum atomic E-state index is -0.305. The van der Waals surface area contributed by atoms with Gasteiger partial charge in [-0.2, -0.15) is 0 Å². The van der Waals surface area contributed by atoms with Crippen molar-refractivity contribution in [2.75, 3.05) is 31.1 Å². The zero-order valence-electron chi connectivity index (χ0n) is 15.4. The molecule has 1 saturated heterocycles. The Morgan fingerprint density at radius 2 is 1.78 bits per heavy atom. The maximum absolute atomic E-state index is 12.7. The Kier molecular flexibility index (Phi) is 4.35. The van der Waals surface area contributed by atoms with Gasteiger partial charge in [0.15, 0.2) is 0 Å². The van der Waals surface area contributed by atoms with Crippen molar-refractivity contribution in [3.63, 3.8) is 0 Å². The number of para-hydroxylation sites is 1. The minimum Gasteiger partial charge on any atom is -0.353 e. The number of aromatic amines is 1. The second-order valence-electron chi connectivity index (χ2n) is 6.81. The summed E-state index contributed by atoms with van der Waals surface area (Å²) >= 11 is 0. The zero-order valence-corrected chi connectivity index (χ0v) is 15.4. The Balaban J connectivity index is 1.50. The molecule has 2 aromatic heterocycles. The number of hydrogen-bond donors (Lipinski definition) is 1. The average Bonchev–Trinajstić information content (AvgIpc) is 2.67. The molecule has 0 atom stereocenters. The molecule has 1 aromatic carbocycles. The SMILES string of the molecule is Cc1nc(C(=O)N2CCN(c3cc(C)c4ccccc4n3)CC2)cc(=O)[nH]1. The number of rotatable bonds is 2. The van der Waals surface area contributed by atoms with Gasteiger partial charge in [0.25, 0.3) is 11.5 Å². The highest BCUT2D eigenvalue weighted by atomic mass is 16.2. The third-order valence-corrected chi connectivity index (χ3v) is 4.88. The van der Waals surface area contributed by atoms with Crippen LogP contribution in [0.3, 0.4) is 0 Å². The summed E-state index contributed by atoms with van der Waals surface area (Å²) in [6.45, 7) is 6.29. The van der Waals surface area contributed by atoms with E-state index in [1.807, 2.05) is 18.2 Å². The number of hydrogen-bond acceptors (Lipinski definition) is 5. The lowest BCUT2D eigenvalue weighted by molar-refractivity contribution is 0.0740. The van der Waals surface area contributed by atoms with Crippen LogP contribution in [0.1, 0.15) is 21.9 Å². The minimum absolute atomic E-state index is 0.198. The van der Waals surface area contributed by atoms with Crippen LogP contribution >= 0.6 is 0 Å². The van der Waals surface area contributed by atoms with Crippen molar-refractivity contribution in [3.05, 3.63) is 63.8 Å². The molecule has 4 rings (SSSR count). The Hall–Kier alpha value is -3.22. The summed E-state index contributed by atoms with van der Waals surface area (Å²) in [7, 11) is 0. The zero-order chi connectivity index (χ0) is 19.0. The molecule has 3 heterocycles. The topological polar surface area (TPSA) is 82.2 Å². The molecule has 7 nitrogen and oxygen atoms in total. The van der Waals surface area contributed by atoms with Crippen LogP contribution in [0.4, 0.5) is 5.82 Å². The van der Waals surface area contributed by atoms with E-state index in [1.54, 1.807) is 11.8 Å². The van der Waals surface area contributed by atoms with E-state index in [4.69, 9.17) is 4.98 Å². The molecule has 0 radical (unpaired) electrons. The molecule has 1 N–H and O–H groups in total. The predicted octanol–water partition coefficient (Wildman–Crippen LogP) is 1.90. The molecule has 0 spiro atoms. The van der Waals surface area contributed by atoms with E-state index in [0.717, 1.165) is 16.7 Å². The van der Waals surface area contributed by atoms with E-state index in [9.17, 15) is 9.59 Å². The van der Waals surface area contributed by atoms with Crippen molar-refractivity contribution in [3.8, 4) is 0 Å². The van der Waals surface area contributed by atoms with Crippen LogP contribution in [0.5, 0.6) is 0 Å². The van der Waals surface area contributed by atoms with Crippen molar-refractivity contribution in [1.82, 2.24) is 19.9 Å². The van der Waals surface area contributed by atoms with Crippen molar-refractivity contribution >= 4 is 22.6 Å². The quantitative estimate of drug-likeness (QED) is 0.752. The Morgan fingerprint density at radius 1 is 1.04 bits per heavy atom. The molecule has 1 fully saturated rings. The Morgan fingerprint density at radius 3 is 2.52 bits per heavy atom. The summed E-state index contributed by atoms with van der Waals surface area (Å²) in [5.74, 6) is 1.18. The fourth-order valence-corrected chi connectivity index (χ4v) is 3.48. The number of carbonyl (C=O) groups excluding carboxylic acids is 1. The summed E-state index contributed by atoms with van der Waals surface area (Å²) in [5, 5.41) is 1.16.